The third kappa shape index (κ3) is 5.77. The third-order valence-corrected chi connectivity index (χ3v) is 8.14. The standard InChI is InChI=1S/C24H33N6O7P/c1-4-35-23(32)14(2)29-38(34,37-15-8-6-5-7-9-15)36-12-16-18(11-24(3,33)21(16)31)30-13-27-20-17(25)10-19(26)28-22(20)30/h5-10,13-14,16,18,21,31,33H,4,11-12H2,1-3H3,(H,29,34)(H4,25,26,28)/t14-,16?,18?,21+,24-,38?/m0/s1. The number of rotatable bonds is 10. The average molecular weight is 549 g/mol. The summed E-state index contributed by atoms with van der Waals surface area (Å²) >= 11 is 0. The largest absolute Gasteiger partial charge is 0.465 e. The lowest BCUT2D eigenvalue weighted by atomic mass is 9.99. The van der Waals surface area contributed by atoms with Gasteiger partial charge in [-0.15, -0.1) is 0 Å². The summed E-state index contributed by atoms with van der Waals surface area (Å²) in [5, 5.41) is 24.6. The van der Waals surface area contributed by atoms with Crippen LogP contribution in [0.3, 0.4) is 0 Å². The first-order chi connectivity index (χ1) is 17.9. The summed E-state index contributed by atoms with van der Waals surface area (Å²) in [6.45, 7) is 4.46. The Labute approximate surface area is 219 Å². The van der Waals surface area contributed by atoms with Crippen molar-refractivity contribution in [3.63, 3.8) is 0 Å². The van der Waals surface area contributed by atoms with Gasteiger partial charge in [0.15, 0.2) is 5.65 Å². The van der Waals surface area contributed by atoms with E-state index in [1.54, 1.807) is 41.8 Å². The Kier molecular flexibility index (Phi) is 7.96. The zero-order chi connectivity index (χ0) is 27.7. The zero-order valence-corrected chi connectivity index (χ0v) is 22.2. The van der Waals surface area contributed by atoms with Crippen molar-refractivity contribution in [2.24, 2.45) is 5.92 Å². The van der Waals surface area contributed by atoms with Crippen molar-refractivity contribution in [1.29, 1.82) is 0 Å². The van der Waals surface area contributed by atoms with E-state index in [9.17, 15) is 19.6 Å². The number of pyridine rings is 1. The molecule has 38 heavy (non-hydrogen) atoms. The minimum atomic E-state index is -4.19. The van der Waals surface area contributed by atoms with Crippen LogP contribution in [0.4, 0.5) is 11.5 Å². The minimum absolute atomic E-state index is 0.112. The average Bonchev–Trinajstić information content (AvgIpc) is 3.36. The number of nitrogen functional groups attached to an aromatic ring is 2. The number of esters is 1. The Morgan fingerprint density at radius 2 is 2.05 bits per heavy atom. The second kappa shape index (κ2) is 10.9. The molecule has 6 atom stereocenters. The number of fused-ring (bicyclic) bond motifs is 1. The summed E-state index contributed by atoms with van der Waals surface area (Å²) in [6, 6.07) is 8.21. The molecule has 2 aromatic heterocycles. The van der Waals surface area contributed by atoms with Crippen LogP contribution in [0.5, 0.6) is 5.75 Å². The highest BCUT2D eigenvalue weighted by Gasteiger charge is 2.51. The molecule has 1 fully saturated rings. The highest BCUT2D eigenvalue weighted by atomic mass is 31.2. The number of para-hydroxylation sites is 1. The van der Waals surface area contributed by atoms with Gasteiger partial charge in [-0.3, -0.25) is 9.32 Å². The lowest BCUT2D eigenvalue weighted by Crippen LogP contribution is -2.39. The van der Waals surface area contributed by atoms with Crippen LogP contribution in [0.1, 0.15) is 33.2 Å². The lowest BCUT2D eigenvalue weighted by Gasteiger charge is -2.28. The van der Waals surface area contributed by atoms with E-state index in [4.69, 9.17) is 25.3 Å². The number of hydrogen-bond donors (Lipinski definition) is 5. The van der Waals surface area contributed by atoms with E-state index in [2.05, 4.69) is 15.1 Å². The van der Waals surface area contributed by atoms with Crippen molar-refractivity contribution in [2.45, 2.75) is 51.0 Å². The molecule has 1 aliphatic rings. The van der Waals surface area contributed by atoms with E-state index in [1.807, 2.05) is 0 Å². The number of benzene rings is 1. The number of carbonyl (C=O) groups is 1. The number of anilines is 2. The Morgan fingerprint density at radius 3 is 2.74 bits per heavy atom. The van der Waals surface area contributed by atoms with Crippen LogP contribution in [0.2, 0.25) is 0 Å². The summed E-state index contributed by atoms with van der Waals surface area (Å²) < 4.78 is 32.0. The monoisotopic (exact) mass is 548 g/mol. The molecule has 0 bridgehead atoms. The fraction of sp³-hybridized carbons (Fsp3) is 0.458. The molecule has 1 saturated carbocycles. The van der Waals surface area contributed by atoms with E-state index in [0.29, 0.717) is 16.9 Å². The molecule has 13 nitrogen and oxygen atoms in total. The highest BCUT2D eigenvalue weighted by Crippen LogP contribution is 2.49. The fourth-order valence-corrected chi connectivity index (χ4v) is 6.15. The van der Waals surface area contributed by atoms with Gasteiger partial charge in [-0.05, 0) is 39.3 Å². The van der Waals surface area contributed by atoms with E-state index in [1.165, 1.54) is 26.2 Å². The predicted octanol–water partition coefficient (Wildman–Crippen LogP) is 2.01. The summed E-state index contributed by atoms with van der Waals surface area (Å²) in [7, 11) is -4.19. The van der Waals surface area contributed by atoms with Crippen molar-refractivity contribution in [2.75, 3.05) is 24.7 Å². The Morgan fingerprint density at radius 1 is 1.34 bits per heavy atom. The lowest BCUT2D eigenvalue weighted by molar-refractivity contribution is -0.144. The van der Waals surface area contributed by atoms with Gasteiger partial charge >= 0.3 is 13.7 Å². The number of hydrogen-bond acceptors (Lipinski definition) is 11. The molecule has 0 spiro atoms. The van der Waals surface area contributed by atoms with Crippen molar-refractivity contribution in [3.05, 3.63) is 42.7 Å². The van der Waals surface area contributed by atoms with Gasteiger partial charge in [0.2, 0.25) is 0 Å². The van der Waals surface area contributed by atoms with Gasteiger partial charge in [-0.25, -0.2) is 14.5 Å². The van der Waals surface area contributed by atoms with Gasteiger partial charge in [0.25, 0.3) is 0 Å². The van der Waals surface area contributed by atoms with Gasteiger partial charge in [0, 0.05) is 18.0 Å². The molecule has 1 aliphatic carbocycles. The molecule has 0 saturated heterocycles. The summed E-state index contributed by atoms with van der Waals surface area (Å²) in [5.74, 6) is -0.987. The molecular weight excluding hydrogens is 515 g/mol. The molecule has 14 heteroatoms. The SMILES string of the molecule is CCOC(=O)[C@H](C)NP(=O)(OCC1C(n2cnc3c(N)cc(N)nc32)C[C@](C)(O)[C@@H]1O)Oc1ccccc1. The van der Waals surface area contributed by atoms with Crippen LogP contribution in [-0.4, -0.2) is 61.7 Å². The molecule has 4 rings (SSSR count). The normalized spacial score (nSPS) is 25.7. The molecule has 2 heterocycles. The smallest absolute Gasteiger partial charge is 0.459 e. The molecule has 3 unspecified atom stereocenters. The van der Waals surface area contributed by atoms with Crippen LogP contribution in [-0.2, 0) is 18.6 Å². The molecule has 0 amide bonds. The summed E-state index contributed by atoms with van der Waals surface area (Å²) in [4.78, 5) is 20.9. The van der Waals surface area contributed by atoms with Gasteiger partial charge in [-0.2, -0.15) is 5.09 Å². The van der Waals surface area contributed by atoms with Crippen LogP contribution in [0.25, 0.3) is 11.2 Å². The number of ether oxygens (including phenoxy) is 1. The Hall–Kier alpha value is -3.22. The van der Waals surface area contributed by atoms with Gasteiger partial charge < -0.3 is 35.5 Å². The number of nitrogens with one attached hydrogen (secondary N) is 1. The zero-order valence-electron chi connectivity index (χ0n) is 21.4. The molecule has 0 aliphatic heterocycles. The van der Waals surface area contributed by atoms with E-state index in [-0.39, 0.29) is 31.2 Å². The Balaban J connectivity index is 1.63. The van der Waals surface area contributed by atoms with Gasteiger partial charge in [-0.1, -0.05) is 18.2 Å². The second-order valence-electron chi connectivity index (χ2n) is 9.50. The van der Waals surface area contributed by atoms with Crippen LogP contribution >= 0.6 is 7.75 Å². The van der Waals surface area contributed by atoms with Gasteiger partial charge in [0.05, 0.1) is 36.9 Å². The van der Waals surface area contributed by atoms with E-state index in [0.717, 1.165) is 0 Å². The van der Waals surface area contributed by atoms with Crippen molar-refractivity contribution >= 4 is 36.4 Å². The van der Waals surface area contributed by atoms with Crippen molar-refractivity contribution in [1.82, 2.24) is 19.6 Å². The predicted molar refractivity (Wildman–Crippen MR) is 140 cm³/mol. The quantitative estimate of drug-likeness (QED) is 0.183. The van der Waals surface area contributed by atoms with Crippen molar-refractivity contribution < 1.29 is 33.4 Å². The number of aromatic nitrogens is 3. The number of nitrogens with two attached hydrogens (primary N) is 2. The minimum Gasteiger partial charge on any atom is -0.465 e. The first-order valence-electron chi connectivity index (χ1n) is 12.2. The van der Waals surface area contributed by atoms with E-state index < -0.39 is 43.4 Å². The first kappa shape index (κ1) is 27.8. The number of nitrogens with zero attached hydrogens (tertiary/aromatic N) is 3. The first-order valence-corrected chi connectivity index (χ1v) is 13.7. The number of aliphatic hydroxyl groups excluding tert-OH is 1. The van der Waals surface area contributed by atoms with Crippen LogP contribution < -0.4 is 21.1 Å². The molecule has 7 N–H and O–H groups in total. The van der Waals surface area contributed by atoms with Crippen LogP contribution in [0, 0.1) is 5.92 Å². The van der Waals surface area contributed by atoms with Gasteiger partial charge in [0.1, 0.15) is 23.1 Å². The molecule has 1 aromatic carbocycles. The molecule has 0 radical (unpaired) electrons. The summed E-state index contributed by atoms with van der Waals surface area (Å²) in [5.41, 5.74) is 11.6. The fourth-order valence-electron chi connectivity index (χ4n) is 4.62. The number of imidazole rings is 1. The molecule has 3 aromatic rings. The Bertz CT molecular complexity index is 1330. The maximum Gasteiger partial charge on any atom is 0.459 e. The summed E-state index contributed by atoms with van der Waals surface area (Å²) in [6.07, 6.45) is 0.344. The number of aliphatic hydroxyl groups is 2. The second-order valence-corrected chi connectivity index (χ2v) is 11.2. The molecule has 206 valence electrons. The molecular formula is C24H33N6O7P. The maximum atomic E-state index is 13.8. The third-order valence-electron chi connectivity index (χ3n) is 6.49. The van der Waals surface area contributed by atoms with E-state index >= 15 is 0 Å². The van der Waals surface area contributed by atoms with Crippen molar-refractivity contribution in [3.8, 4) is 5.75 Å². The highest BCUT2D eigenvalue weighted by molar-refractivity contribution is 7.52. The number of carbonyl (C=O) groups excluding carboxylic acids is 1. The maximum absolute atomic E-state index is 13.8. The topological polar surface area (TPSA) is 197 Å². The van der Waals surface area contributed by atoms with Crippen LogP contribution in [0.15, 0.2) is 42.7 Å².